The summed E-state index contributed by atoms with van der Waals surface area (Å²) in [5.74, 6) is 0.476. The molecule has 0 aliphatic carbocycles. The van der Waals surface area contributed by atoms with Crippen LogP contribution in [-0.2, 0) is 0 Å². The summed E-state index contributed by atoms with van der Waals surface area (Å²) >= 11 is 3.49. The molecule has 2 N–H and O–H groups in total. The van der Waals surface area contributed by atoms with E-state index in [0.717, 1.165) is 4.47 Å². The van der Waals surface area contributed by atoms with E-state index < -0.39 is 0 Å². The minimum Gasteiger partial charge on any atom is -0.324 e. The van der Waals surface area contributed by atoms with Gasteiger partial charge in [-0.15, -0.1) is 12.4 Å². The zero-order valence-electron chi connectivity index (χ0n) is 7.83. The van der Waals surface area contributed by atoms with Crippen molar-refractivity contribution < 1.29 is 0 Å². The highest BCUT2D eigenvalue weighted by Gasteiger charge is 2.12. The highest BCUT2D eigenvalue weighted by molar-refractivity contribution is 9.10. The van der Waals surface area contributed by atoms with Gasteiger partial charge >= 0.3 is 0 Å². The van der Waals surface area contributed by atoms with E-state index >= 15 is 0 Å². The fraction of sp³-hybridized carbons (Fsp3) is 0.400. The van der Waals surface area contributed by atoms with E-state index in [0.29, 0.717) is 5.92 Å². The molecule has 0 aromatic heterocycles. The fourth-order valence-corrected chi connectivity index (χ4v) is 1.65. The molecule has 0 saturated heterocycles. The molecule has 13 heavy (non-hydrogen) atoms. The van der Waals surface area contributed by atoms with Crippen molar-refractivity contribution in [1.82, 2.24) is 0 Å². The van der Waals surface area contributed by atoms with E-state index in [1.807, 2.05) is 18.2 Å². The first-order valence-electron chi connectivity index (χ1n) is 4.13. The molecule has 1 rings (SSSR count). The van der Waals surface area contributed by atoms with Gasteiger partial charge in [0.15, 0.2) is 0 Å². The third-order valence-electron chi connectivity index (χ3n) is 1.98. The van der Waals surface area contributed by atoms with Crippen molar-refractivity contribution >= 4 is 28.3 Å². The minimum atomic E-state index is 0. The SMILES string of the molecule is CC(C)C(N)c1ccccc1Br.Cl. The van der Waals surface area contributed by atoms with E-state index in [2.05, 4.69) is 35.8 Å². The lowest BCUT2D eigenvalue weighted by Gasteiger charge is -2.17. The Balaban J connectivity index is 0.00000144. The van der Waals surface area contributed by atoms with Crippen LogP contribution in [0.2, 0.25) is 0 Å². The summed E-state index contributed by atoms with van der Waals surface area (Å²) in [6.45, 7) is 4.26. The summed E-state index contributed by atoms with van der Waals surface area (Å²) < 4.78 is 1.10. The molecule has 0 saturated carbocycles. The molecule has 0 radical (unpaired) electrons. The van der Waals surface area contributed by atoms with Gasteiger partial charge in [0.25, 0.3) is 0 Å². The largest absolute Gasteiger partial charge is 0.324 e. The summed E-state index contributed by atoms with van der Waals surface area (Å²) in [6, 6.07) is 8.23. The number of halogens is 2. The zero-order valence-corrected chi connectivity index (χ0v) is 10.2. The monoisotopic (exact) mass is 263 g/mol. The maximum atomic E-state index is 6.01. The number of nitrogens with two attached hydrogens (primary N) is 1. The van der Waals surface area contributed by atoms with Crippen LogP contribution in [0.15, 0.2) is 28.7 Å². The summed E-state index contributed by atoms with van der Waals surface area (Å²) in [6.07, 6.45) is 0. The molecule has 1 unspecified atom stereocenters. The molecule has 0 aliphatic rings. The van der Waals surface area contributed by atoms with Gasteiger partial charge in [0, 0.05) is 10.5 Å². The molecule has 74 valence electrons. The lowest BCUT2D eigenvalue weighted by molar-refractivity contribution is 0.512. The molecule has 0 fully saturated rings. The first-order chi connectivity index (χ1) is 5.63. The van der Waals surface area contributed by atoms with Crippen molar-refractivity contribution in [2.75, 3.05) is 0 Å². The Morgan fingerprint density at radius 3 is 2.23 bits per heavy atom. The van der Waals surface area contributed by atoms with Crippen molar-refractivity contribution in [1.29, 1.82) is 0 Å². The molecule has 0 bridgehead atoms. The Morgan fingerprint density at radius 2 is 1.77 bits per heavy atom. The standard InChI is InChI=1S/C10H14BrN.ClH/c1-7(2)10(12)8-5-3-4-6-9(8)11;/h3-7,10H,12H2,1-2H3;1H. The Labute approximate surface area is 94.3 Å². The molecule has 1 aromatic carbocycles. The molecular formula is C10H15BrClN. The van der Waals surface area contributed by atoms with Crippen LogP contribution in [0.1, 0.15) is 25.5 Å². The predicted molar refractivity (Wildman–Crippen MR) is 63.2 cm³/mol. The molecule has 1 atom stereocenters. The molecule has 0 aliphatic heterocycles. The van der Waals surface area contributed by atoms with Crippen LogP contribution in [0.3, 0.4) is 0 Å². The highest BCUT2D eigenvalue weighted by Crippen LogP contribution is 2.25. The van der Waals surface area contributed by atoms with Crippen LogP contribution in [0, 0.1) is 5.92 Å². The van der Waals surface area contributed by atoms with Crippen molar-refractivity contribution in [3.05, 3.63) is 34.3 Å². The summed E-state index contributed by atoms with van der Waals surface area (Å²) in [7, 11) is 0. The van der Waals surface area contributed by atoms with Crippen LogP contribution in [-0.4, -0.2) is 0 Å². The van der Waals surface area contributed by atoms with Crippen molar-refractivity contribution in [3.8, 4) is 0 Å². The minimum absolute atomic E-state index is 0. The molecule has 3 heteroatoms. The Hall–Kier alpha value is -0.0500. The van der Waals surface area contributed by atoms with Gasteiger partial charge in [-0.05, 0) is 17.5 Å². The van der Waals surface area contributed by atoms with Gasteiger partial charge in [-0.2, -0.15) is 0 Å². The van der Waals surface area contributed by atoms with E-state index in [1.165, 1.54) is 5.56 Å². The van der Waals surface area contributed by atoms with E-state index in [-0.39, 0.29) is 18.4 Å². The second-order valence-electron chi connectivity index (χ2n) is 3.29. The normalized spacial score (nSPS) is 12.4. The molecule has 1 nitrogen and oxygen atoms in total. The first kappa shape index (κ1) is 12.9. The summed E-state index contributed by atoms with van der Waals surface area (Å²) in [5, 5.41) is 0. The van der Waals surface area contributed by atoms with Gasteiger partial charge < -0.3 is 5.73 Å². The molecule has 0 spiro atoms. The maximum Gasteiger partial charge on any atom is 0.0329 e. The first-order valence-corrected chi connectivity index (χ1v) is 4.92. The smallest absolute Gasteiger partial charge is 0.0329 e. The number of rotatable bonds is 2. The third-order valence-corrected chi connectivity index (χ3v) is 2.70. The van der Waals surface area contributed by atoms with Crippen LogP contribution in [0.25, 0.3) is 0 Å². The van der Waals surface area contributed by atoms with Gasteiger partial charge in [-0.3, -0.25) is 0 Å². The lowest BCUT2D eigenvalue weighted by Crippen LogP contribution is -2.16. The Bertz CT molecular complexity index is 263. The highest BCUT2D eigenvalue weighted by atomic mass is 79.9. The van der Waals surface area contributed by atoms with Gasteiger partial charge in [0.2, 0.25) is 0 Å². The van der Waals surface area contributed by atoms with E-state index in [1.54, 1.807) is 0 Å². The van der Waals surface area contributed by atoms with Crippen LogP contribution < -0.4 is 5.73 Å². The Kier molecular flexibility index (Phi) is 5.61. The van der Waals surface area contributed by atoms with Crippen molar-refractivity contribution in [2.24, 2.45) is 11.7 Å². The number of hydrogen-bond donors (Lipinski definition) is 1. The fourth-order valence-electron chi connectivity index (χ4n) is 1.10. The van der Waals surface area contributed by atoms with Crippen LogP contribution >= 0.6 is 28.3 Å². The molecule has 1 aromatic rings. The second kappa shape index (κ2) is 5.63. The van der Waals surface area contributed by atoms with Gasteiger partial charge in [-0.1, -0.05) is 48.0 Å². The van der Waals surface area contributed by atoms with Crippen LogP contribution in [0.4, 0.5) is 0 Å². The van der Waals surface area contributed by atoms with Crippen LogP contribution in [0.5, 0.6) is 0 Å². The maximum absolute atomic E-state index is 6.01. The van der Waals surface area contributed by atoms with Gasteiger partial charge in [-0.25, -0.2) is 0 Å². The van der Waals surface area contributed by atoms with Crippen molar-refractivity contribution in [2.45, 2.75) is 19.9 Å². The molecular weight excluding hydrogens is 249 g/mol. The number of hydrogen-bond acceptors (Lipinski definition) is 1. The topological polar surface area (TPSA) is 26.0 Å². The molecule has 0 amide bonds. The second-order valence-corrected chi connectivity index (χ2v) is 4.15. The quantitative estimate of drug-likeness (QED) is 0.869. The number of benzene rings is 1. The predicted octanol–water partition coefficient (Wildman–Crippen LogP) is 3.53. The lowest BCUT2D eigenvalue weighted by atomic mass is 9.97. The Morgan fingerprint density at radius 1 is 1.23 bits per heavy atom. The zero-order chi connectivity index (χ0) is 9.14. The van der Waals surface area contributed by atoms with Gasteiger partial charge in [0.1, 0.15) is 0 Å². The summed E-state index contributed by atoms with van der Waals surface area (Å²) in [4.78, 5) is 0. The average Bonchev–Trinajstić information content (AvgIpc) is 2.04. The average molecular weight is 265 g/mol. The molecule has 0 heterocycles. The van der Waals surface area contributed by atoms with E-state index in [9.17, 15) is 0 Å². The van der Waals surface area contributed by atoms with Gasteiger partial charge in [0.05, 0.1) is 0 Å². The van der Waals surface area contributed by atoms with E-state index in [4.69, 9.17) is 5.73 Å². The van der Waals surface area contributed by atoms with Crippen molar-refractivity contribution in [3.63, 3.8) is 0 Å². The third kappa shape index (κ3) is 3.29. The summed E-state index contributed by atoms with van der Waals surface area (Å²) in [5.41, 5.74) is 7.20.